The second-order valence-electron chi connectivity index (χ2n) is 9.82. The van der Waals surface area contributed by atoms with Gasteiger partial charge >= 0.3 is 0 Å². The number of aromatic nitrogens is 1. The average Bonchev–Trinajstić information content (AvgIpc) is 3.34. The Morgan fingerprint density at radius 3 is 2.49 bits per heavy atom. The van der Waals surface area contributed by atoms with E-state index < -0.39 is 0 Å². The molecule has 0 amide bonds. The first-order valence-electron chi connectivity index (χ1n) is 12.8. The molecule has 3 heteroatoms. The van der Waals surface area contributed by atoms with Crippen LogP contribution in [0.4, 0.5) is 11.4 Å². The van der Waals surface area contributed by atoms with Crippen molar-refractivity contribution in [2.24, 2.45) is 0 Å². The Labute approximate surface area is 214 Å². The molecule has 2 unspecified atom stereocenters. The van der Waals surface area contributed by atoms with Gasteiger partial charge in [-0.25, -0.2) is 0 Å². The highest BCUT2D eigenvalue weighted by Gasteiger charge is 2.36. The minimum atomic E-state index is -0.0537. The fourth-order valence-corrected chi connectivity index (χ4v) is 5.99. The molecule has 3 nitrogen and oxygen atoms in total. The van der Waals surface area contributed by atoms with Gasteiger partial charge in [-0.15, -0.1) is 0 Å². The average molecular weight is 477 g/mol. The van der Waals surface area contributed by atoms with Crippen LogP contribution in [0.15, 0.2) is 127 Å². The molecule has 0 spiro atoms. The van der Waals surface area contributed by atoms with E-state index in [1.165, 1.54) is 38.2 Å². The number of nitrogens with one attached hydrogen (secondary N) is 1. The first kappa shape index (κ1) is 20.4. The topological polar surface area (TPSA) is 28.3 Å². The lowest BCUT2D eigenvalue weighted by atomic mass is 9.91. The molecule has 37 heavy (non-hydrogen) atoms. The summed E-state index contributed by atoms with van der Waals surface area (Å²) in [5.74, 6) is 0.917. The number of anilines is 2. The summed E-state index contributed by atoms with van der Waals surface area (Å²) in [5.41, 5.74) is 6.99. The lowest BCUT2D eigenvalue weighted by Gasteiger charge is -2.42. The second kappa shape index (κ2) is 7.87. The van der Waals surface area contributed by atoms with Crippen molar-refractivity contribution in [3.8, 4) is 5.75 Å². The van der Waals surface area contributed by atoms with E-state index in [9.17, 15) is 0 Å². The number of ether oxygens (including phenoxy) is 1. The number of aromatic amines is 1. The van der Waals surface area contributed by atoms with Gasteiger partial charge in [-0.1, -0.05) is 78.9 Å². The molecule has 2 aliphatic rings. The molecule has 6 aromatic rings. The van der Waals surface area contributed by atoms with Gasteiger partial charge < -0.3 is 14.6 Å². The minimum Gasteiger partial charge on any atom is -0.482 e. The number of allylic oxidation sites excluding steroid dienone is 2. The molecule has 2 heterocycles. The third-order valence-electron chi connectivity index (χ3n) is 7.69. The zero-order chi connectivity index (χ0) is 24.3. The van der Waals surface area contributed by atoms with Gasteiger partial charge in [0.05, 0.1) is 11.7 Å². The van der Waals surface area contributed by atoms with Crippen LogP contribution >= 0.6 is 0 Å². The molecule has 5 aromatic carbocycles. The van der Waals surface area contributed by atoms with Crippen molar-refractivity contribution in [3.63, 3.8) is 0 Å². The van der Waals surface area contributed by atoms with E-state index in [0.29, 0.717) is 0 Å². The van der Waals surface area contributed by atoms with Crippen molar-refractivity contribution in [2.75, 3.05) is 4.90 Å². The smallest absolute Gasteiger partial charge is 0.144 e. The molecule has 1 aliphatic carbocycles. The van der Waals surface area contributed by atoms with Crippen LogP contribution in [0, 0.1) is 0 Å². The number of hydrogen-bond acceptors (Lipinski definition) is 2. The van der Waals surface area contributed by atoms with Crippen LogP contribution in [-0.4, -0.2) is 17.1 Å². The van der Waals surface area contributed by atoms with Gasteiger partial charge in [0, 0.05) is 27.5 Å². The van der Waals surface area contributed by atoms with Gasteiger partial charge in [-0.05, 0) is 70.5 Å². The highest BCUT2D eigenvalue weighted by molar-refractivity contribution is 6.20. The van der Waals surface area contributed by atoms with E-state index in [4.69, 9.17) is 4.74 Å². The van der Waals surface area contributed by atoms with Crippen molar-refractivity contribution in [1.29, 1.82) is 0 Å². The number of fused-ring (bicyclic) bond motifs is 7. The quantitative estimate of drug-likeness (QED) is 0.272. The van der Waals surface area contributed by atoms with E-state index in [1.54, 1.807) is 0 Å². The number of H-pyrrole nitrogens is 1. The number of benzene rings is 5. The van der Waals surface area contributed by atoms with Crippen LogP contribution in [-0.2, 0) is 0 Å². The summed E-state index contributed by atoms with van der Waals surface area (Å²) in [4.78, 5) is 6.07. The third-order valence-corrected chi connectivity index (χ3v) is 7.69. The largest absolute Gasteiger partial charge is 0.482 e. The summed E-state index contributed by atoms with van der Waals surface area (Å²) in [6, 6.07) is 38.8. The first-order valence-corrected chi connectivity index (χ1v) is 12.8. The van der Waals surface area contributed by atoms with Crippen LogP contribution in [0.1, 0.15) is 5.56 Å². The van der Waals surface area contributed by atoms with Crippen molar-refractivity contribution < 1.29 is 4.74 Å². The van der Waals surface area contributed by atoms with Crippen molar-refractivity contribution in [3.05, 3.63) is 133 Å². The van der Waals surface area contributed by atoms with E-state index in [2.05, 4.69) is 131 Å². The number of para-hydroxylation sites is 3. The molecule has 1 N–H and O–H groups in total. The highest BCUT2D eigenvalue weighted by atomic mass is 16.5. The molecule has 0 bridgehead atoms. The van der Waals surface area contributed by atoms with Crippen LogP contribution < -0.4 is 9.64 Å². The van der Waals surface area contributed by atoms with Gasteiger partial charge in [0.2, 0.25) is 0 Å². The lowest BCUT2D eigenvalue weighted by molar-refractivity contribution is 0.218. The summed E-state index contributed by atoms with van der Waals surface area (Å²) in [6.07, 6.45) is 6.71. The summed E-state index contributed by atoms with van der Waals surface area (Å²) in [7, 11) is 0. The first-order chi connectivity index (χ1) is 18.3. The third kappa shape index (κ3) is 3.14. The molecule has 1 aliphatic heterocycles. The predicted molar refractivity (Wildman–Crippen MR) is 154 cm³/mol. The summed E-state index contributed by atoms with van der Waals surface area (Å²) < 4.78 is 6.44. The lowest BCUT2D eigenvalue weighted by Crippen LogP contribution is -2.46. The van der Waals surface area contributed by atoms with Gasteiger partial charge in [-0.2, -0.15) is 0 Å². The fraction of sp³-hybridized carbons (Fsp3) is 0.0588. The highest BCUT2D eigenvalue weighted by Crippen LogP contribution is 2.44. The number of rotatable bonds is 2. The standard InChI is InChI=1S/C34H24N2O/c1-2-9-25(10-3-1)36-30-12-6-7-13-32(30)37-33-19-16-24(21-31(33)36)23-14-17-27-29(20-23)35-28-18-15-22-8-4-5-11-26(22)34(27)28/h1-21,31,33,35H. The van der Waals surface area contributed by atoms with Gasteiger partial charge in [0.15, 0.2) is 0 Å². The monoisotopic (exact) mass is 476 g/mol. The second-order valence-corrected chi connectivity index (χ2v) is 9.82. The molecule has 0 saturated carbocycles. The van der Waals surface area contributed by atoms with Crippen molar-refractivity contribution in [2.45, 2.75) is 12.1 Å². The van der Waals surface area contributed by atoms with Crippen LogP contribution in [0.25, 0.3) is 38.2 Å². The summed E-state index contributed by atoms with van der Waals surface area (Å²) in [5, 5.41) is 5.10. The number of nitrogens with zero attached hydrogens (tertiary/aromatic N) is 1. The Hall–Kier alpha value is -4.76. The molecule has 0 fully saturated rings. The van der Waals surface area contributed by atoms with Gasteiger partial charge in [0.25, 0.3) is 0 Å². The van der Waals surface area contributed by atoms with Gasteiger partial charge in [0.1, 0.15) is 11.9 Å². The van der Waals surface area contributed by atoms with E-state index in [-0.39, 0.29) is 12.1 Å². The molecule has 2 atom stereocenters. The van der Waals surface area contributed by atoms with Crippen LogP contribution in [0.5, 0.6) is 5.75 Å². The Balaban J connectivity index is 1.26. The Morgan fingerprint density at radius 2 is 1.54 bits per heavy atom. The SMILES string of the molecule is C1=CC2Oc3ccccc3N(c3ccccc3)C2C=C1c1ccc2c(c1)[nH]c1ccc3ccccc3c12. The predicted octanol–water partition coefficient (Wildman–Crippen LogP) is 8.40. The summed E-state index contributed by atoms with van der Waals surface area (Å²) >= 11 is 0. The molecule has 1 aromatic heterocycles. The van der Waals surface area contributed by atoms with Crippen LogP contribution in [0.2, 0.25) is 0 Å². The normalized spacial score (nSPS) is 18.5. The fourth-order valence-electron chi connectivity index (χ4n) is 5.99. The van der Waals surface area contributed by atoms with E-state index >= 15 is 0 Å². The zero-order valence-corrected chi connectivity index (χ0v) is 20.1. The molecule has 8 rings (SSSR count). The molecule has 0 saturated heterocycles. The Morgan fingerprint density at radius 1 is 0.703 bits per heavy atom. The van der Waals surface area contributed by atoms with Crippen molar-refractivity contribution in [1.82, 2.24) is 4.98 Å². The Bertz CT molecular complexity index is 1880. The van der Waals surface area contributed by atoms with Gasteiger partial charge in [-0.3, -0.25) is 0 Å². The molecule has 176 valence electrons. The number of hydrogen-bond donors (Lipinski definition) is 1. The molecular formula is C34H24N2O. The molecule has 0 radical (unpaired) electrons. The van der Waals surface area contributed by atoms with Crippen molar-refractivity contribution >= 4 is 49.5 Å². The minimum absolute atomic E-state index is 0.0537. The van der Waals surface area contributed by atoms with Crippen LogP contribution in [0.3, 0.4) is 0 Å². The molecular weight excluding hydrogens is 452 g/mol. The van der Waals surface area contributed by atoms with E-state index in [1.807, 2.05) is 6.07 Å². The zero-order valence-electron chi connectivity index (χ0n) is 20.1. The maximum absolute atomic E-state index is 6.44. The maximum atomic E-state index is 6.44. The van der Waals surface area contributed by atoms with E-state index in [0.717, 1.165) is 22.6 Å². The Kier molecular flexibility index (Phi) is 4.35. The summed E-state index contributed by atoms with van der Waals surface area (Å²) in [6.45, 7) is 0. The maximum Gasteiger partial charge on any atom is 0.144 e.